The molecule has 2 aliphatic heterocycles. The van der Waals surface area contributed by atoms with E-state index in [9.17, 15) is 4.21 Å². The molecular formula is C8H12OS2. The van der Waals surface area contributed by atoms with Crippen molar-refractivity contribution in [1.82, 2.24) is 0 Å². The lowest BCUT2D eigenvalue weighted by Crippen LogP contribution is -1.80. The summed E-state index contributed by atoms with van der Waals surface area (Å²) >= 11 is 1.96. The van der Waals surface area contributed by atoms with Crippen LogP contribution in [0, 0.1) is 0 Å². The Morgan fingerprint density at radius 1 is 1.18 bits per heavy atom. The fourth-order valence-corrected chi connectivity index (χ4v) is 2.30. The maximum Gasteiger partial charge on any atom is 0.0455 e. The van der Waals surface area contributed by atoms with Crippen molar-refractivity contribution >= 4 is 22.6 Å². The van der Waals surface area contributed by atoms with Gasteiger partial charge in [0.25, 0.3) is 0 Å². The van der Waals surface area contributed by atoms with Gasteiger partial charge in [0.1, 0.15) is 0 Å². The van der Waals surface area contributed by atoms with Crippen LogP contribution in [-0.2, 0) is 10.8 Å². The summed E-state index contributed by atoms with van der Waals surface area (Å²) in [5, 5.41) is 1.75. The second-order valence-corrected chi connectivity index (χ2v) is 4.77. The number of allylic oxidation sites excluding steroid dienone is 1. The molecule has 1 nitrogen and oxygen atoms in total. The Labute approximate surface area is 74.4 Å². The van der Waals surface area contributed by atoms with Crippen LogP contribution in [0.2, 0.25) is 0 Å². The maximum atomic E-state index is 10.3. The molecule has 2 aliphatic rings. The van der Waals surface area contributed by atoms with Crippen LogP contribution in [0.25, 0.3) is 0 Å². The van der Waals surface area contributed by atoms with Crippen LogP contribution in [0.15, 0.2) is 23.6 Å². The van der Waals surface area contributed by atoms with Crippen molar-refractivity contribution in [3.63, 3.8) is 0 Å². The van der Waals surface area contributed by atoms with Gasteiger partial charge in [-0.05, 0) is 11.8 Å². The van der Waals surface area contributed by atoms with E-state index in [1.807, 2.05) is 17.8 Å². The van der Waals surface area contributed by atoms with Gasteiger partial charge in [-0.3, -0.25) is 4.21 Å². The Kier molecular flexibility index (Phi) is 4.62. The zero-order valence-electron chi connectivity index (χ0n) is 6.36. The third-order valence-corrected chi connectivity index (χ3v) is 3.32. The molecule has 0 aromatic carbocycles. The Morgan fingerprint density at radius 2 is 1.91 bits per heavy atom. The molecule has 0 amide bonds. The lowest BCUT2D eigenvalue weighted by molar-refractivity contribution is 0.689. The molecule has 11 heavy (non-hydrogen) atoms. The molecule has 0 aromatic heterocycles. The van der Waals surface area contributed by atoms with E-state index in [0.29, 0.717) is 0 Å². The molecule has 2 rings (SSSR count). The van der Waals surface area contributed by atoms with Crippen LogP contribution in [0.4, 0.5) is 0 Å². The number of thioether (sulfide) groups is 1. The van der Waals surface area contributed by atoms with Crippen LogP contribution >= 0.6 is 11.8 Å². The highest BCUT2D eigenvalue weighted by atomic mass is 32.2. The van der Waals surface area contributed by atoms with Crippen molar-refractivity contribution in [1.29, 1.82) is 0 Å². The molecule has 0 spiro atoms. The Bertz CT molecular complexity index is 179. The van der Waals surface area contributed by atoms with Gasteiger partial charge in [-0.15, -0.1) is 0 Å². The van der Waals surface area contributed by atoms with Gasteiger partial charge < -0.3 is 0 Å². The quantitative estimate of drug-likeness (QED) is 0.540. The lowest BCUT2D eigenvalue weighted by Gasteiger charge is -1.73. The molecule has 2 heterocycles. The SMILES string of the molecule is C1=CCSC1.O=S1C=CCC1. The second kappa shape index (κ2) is 5.61. The minimum atomic E-state index is -0.603. The summed E-state index contributed by atoms with van der Waals surface area (Å²) in [5.74, 6) is 3.32. The van der Waals surface area contributed by atoms with Gasteiger partial charge in [0.15, 0.2) is 0 Å². The van der Waals surface area contributed by atoms with Gasteiger partial charge in [0, 0.05) is 28.1 Å². The van der Waals surface area contributed by atoms with Crippen molar-refractivity contribution in [2.75, 3.05) is 17.3 Å². The molecule has 0 aliphatic carbocycles. The molecule has 0 N–H and O–H groups in total. The van der Waals surface area contributed by atoms with Crippen molar-refractivity contribution in [3.8, 4) is 0 Å². The molecule has 1 unspecified atom stereocenters. The maximum absolute atomic E-state index is 10.3. The summed E-state index contributed by atoms with van der Waals surface area (Å²) < 4.78 is 10.3. The largest absolute Gasteiger partial charge is 0.255 e. The van der Waals surface area contributed by atoms with Crippen LogP contribution in [0.1, 0.15) is 6.42 Å². The average molecular weight is 188 g/mol. The van der Waals surface area contributed by atoms with Gasteiger partial charge in [-0.2, -0.15) is 11.8 Å². The highest BCUT2D eigenvalue weighted by Crippen LogP contribution is 2.06. The van der Waals surface area contributed by atoms with E-state index in [2.05, 4.69) is 12.2 Å². The minimum Gasteiger partial charge on any atom is -0.255 e. The first kappa shape index (κ1) is 9.07. The van der Waals surface area contributed by atoms with Crippen molar-refractivity contribution in [2.24, 2.45) is 0 Å². The lowest BCUT2D eigenvalue weighted by atomic mass is 10.5. The van der Waals surface area contributed by atoms with Crippen LogP contribution in [-0.4, -0.2) is 21.5 Å². The first-order valence-electron chi connectivity index (χ1n) is 3.66. The smallest absolute Gasteiger partial charge is 0.0455 e. The molecule has 0 saturated carbocycles. The van der Waals surface area contributed by atoms with Gasteiger partial charge in [-0.1, -0.05) is 18.2 Å². The molecular weight excluding hydrogens is 176 g/mol. The number of hydrogen-bond donors (Lipinski definition) is 0. The fourth-order valence-electron chi connectivity index (χ4n) is 0.768. The summed E-state index contributed by atoms with van der Waals surface area (Å²) in [7, 11) is -0.603. The molecule has 0 fully saturated rings. The van der Waals surface area contributed by atoms with Crippen molar-refractivity contribution in [3.05, 3.63) is 23.6 Å². The summed E-state index contributed by atoms with van der Waals surface area (Å²) in [5.41, 5.74) is 0. The monoisotopic (exact) mass is 188 g/mol. The minimum absolute atomic E-state index is 0.603. The van der Waals surface area contributed by atoms with Crippen LogP contribution < -0.4 is 0 Å². The van der Waals surface area contributed by atoms with Crippen molar-refractivity contribution < 1.29 is 4.21 Å². The van der Waals surface area contributed by atoms with E-state index in [0.717, 1.165) is 12.2 Å². The first-order valence-corrected chi connectivity index (χ1v) is 6.20. The first-order chi connectivity index (χ1) is 5.39. The van der Waals surface area contributed by atoms with Crippen molar-refractivity contribution in [2.45, 2.75) is 6.42 Å². The highest BCUT2D eigenvalue weighted by molar-refractivity contribution is 7.99. The van der Waals surface area contributed by atoms with E-state index in [-0.39, 0.29) is 0 Å². The van der Waals surface area contributed by atoms with E-state index in [4.69, 9.17) is 0 Å². The Morgan fingerprint density at radius 3 is 2.09 bits per heavy atom. The molecule has 1 atom stereocenters. The predicted octanol–water partition coefficient (Wildman–Crippen LogP) is 1.94. The topological polar surface area (TPSA) is 17.1 Å². The fraction of sp³-hybridized carbons (Fsp3) is 0.500. The molecule has 62 valence electrons. The summed E-state index contributed by atoms with van der Waals surface area (Å²) in [4.78, 5) is 0. The number of hydrogen-bond acceptors (Lipinski definition) is 2. The van der Waals surface area contributed by atoms with E-state index >= 15 is 0 Å². The van der Waals surface area contributed by atoms with E-state index in [1.165, 1.54) is 11.5 Å². The standard InChI is InChI=1S/C4H6OS.C4H6S/c5-6-3-1-2-4-6;1-2-4-5-3-1/h1,3H,2,4H2;1-2H,3-4H2. The summed E-state index contributed by atoms with van der Waals surface area (Å²) in [6.07, 6.45) is 7.36. The zero-order valence-corrected chi connectivity index (χ0v) is 8.00. The molecule has 3 heteroatoms. The predicted molar refractivity (Wildman–Crippen MR) is 53.2 cm³/mol. The van der Waals surface area contributed by atoms with Gasteiger partial charge in [0.05, 0.1) is 0 Å². The van der Waals surface area contributed by atoms with Gasteiger partial charge in [-0.25, -0.2) is 0 Å². The Balaban J connectivity index is 0.000000112. The molecule has 0 bridgehead atoms. The molecule has 0 saturated heterocycles. The summed E-state index contributed by atoms with van der Waals surface area (Å²) in [6.45, 7) is 0. The third-order valence-electron chi connectivity index (χ3n) is 1.33. The van der Waals surface area contributed by atoms with E-state index < -0.39 is 10.8 Å². The normalized spacial score (nSPS) is 26.7. The van der Waals surface area contributed by atoms with Gasteiger partial charge >= 0.3 is 0 Å². The van der Waals surface area contributed by atoms with E-state index in [1.54, 1.807) is 5.41 Å². The molecule has 0 radical (unpaired) electrons. The van der Waals surface area contributed by atoms with Gasteiger partial charge in [0.2, 0.25) is 0 Å². The van der Waals surface area contributed by atoms with Crippen LogP contribution in [0.3, 0.4) is 0 Å². The number of rotatable bonds is 0. The van der Waals surface area contributed by atoms with Crippen LogP contribution in [0.5, 0.6) is 0 Å². The average Bonchev–Trinajstić information content (AvgIpc) is 2.57. The third kappa shape index (κ3) is 4.43. The summed E-state index contributed by atoms with van der Waals surface area (Å²) in [6, 6.07) is 0. The highest BCUT2D eigenvalue weighted by Gasteiger charge is 1.96. The molecule has 0 aromatic rings. The zero-order chi connectivity index (χ0) is 7.94. The second-order valence-electron chi connectivity index (χ2n) is 2.25. The Hall–Kier alpha value is -0.0200.